The van der Waals surface area contributed by atoms with Crippen molar-refractivity contribution in [1.29, 1.82) is 0 Å². The second kappa shape index (κ2) is 4.36. The van der Waals surface area contributed by atoms with Crippen molar-refractivity contribution in [3.8, 4) is 0 Å². The van der Waals surface area contributed by atoms with E-state index in [1.54, 1.807) is 11.0 Å². The molecule has 1 atom stereocenters. The summed E-state index contributed by atoms with van der Waals surface area (Å²) in [6.07, 6.45) is 0.482. The smallest absolute Gasteiger partial charge is 0.228 e. The first-order chi connectivity index (χ1) is 7.08. The summed E-state index contributed by atoms with van der Waals surface area (Å²) in [5.74, 6) is 0.0826. The Morgan fingerprint density at radius 2 is 2.27 bits per heavy atom. The minimum atomic E-state index is 0.0826. The third-order valence-corrected chi connectivity index (χ3v) is 3.45. The fourth-order valence-corrected chi connectivity index (χ4v) is 2.72. The summed E-state index contributed by atoms with van der Waals surface area (Å²) in [7, 11) is 0. The summed E-state index contributed by atoms with van der Waals surface area (Å²) in [6.45, 7) is 0.628. The molecule has 1 fully saturated rings. The Hall–Kier alpha value is -0.190. The topological polar surface area (TPSA) is 20.3 Å². The summed E-state index contributed by atoms with van der Waals surface area (Å²) in [5.41, 5.74) is 0.765. The van der Waals surface area contributed by atoms with Crippen LogP contribution in [0.15, 0.2) is 22.7 Å². The number of anilines is 1. The van der Waals surface area contributed by atoms with E-state index in [-0.39, 0.29) is 11.2 Å². The van der Waals surface area contributed by atoms with Crippen molar-refractivity contribution in [1.82, 2.24) is 0 Å². The molecule has 0 bridgehead atoms. The molecule has 0 aromatic heterocycles. The first-order valence-electron chi connectivity index (χ1n) is 4.51. The van der Waals surface area contributed by atoms with Gasteiger partial charge in [-0.15, -0.1) is 0 Å². The van der Waals surface area contributed by atoms with Crippen LogP contribution >= 0.6 is 40.2 Å². The monoisotopic (exact) mass is 305 g/mol. The molecule has 80 valence electrons. The van der Waals surface area contributed by atoms with Crippen molar-refractivity contribution in [2.45, 2.75) is 11.7 Å². The fourth-order valence-electron chi connectivity index (χ4n) is 1.62. The van der Waals surface area contributed by atoms with E-state index < -0.39 is 0 Å². The van der Waals surface area contributed by atoms with Gasteiger partial charge in [0.25, 0.3) is 0 Å². The standard InChI is InChI=1S/C10H9BrClNOS/c11-6-1-2-9(8(12)3-6)13-5-7(15)4-10(13)14/h1-3,7,15H,4-5H2. The molecule has 0 saturated carbocycles. The summed E-state index contributed by atoms with van der Waals surface area (Å²) >= 11 is 13.7. The molecule has 1 aliphatic heterocycles. The van der Waals surface area contributed by atoms with Crippen molar-refractivity contribution in [2.24, 2.45) is 0 Å². The molecule has 2 nitrogen and oxygen atoms in total. The van der Waals surface area contributed by atoms with Crippen molar-refractivity contribution in [2.75, 3.05) is 11.4 Å². The van der Waals surface area contributed by atoms with Gasteiger partial charge in [-0.1, -0.05) is 27.5 Å². The Balaban J connectivity index is 2.34. The highest BCUT2D eigenvalue weighted by Gasteiger charge is 2.29. The van der Waals surface area contributed by atoms with Crippen LogP contribution in [-0.4, -0.2) is 17.7 Å². The molecule has 0 aliphatic carbocycles. The number of rotatable bonds is 1. The molecule has 1 aliphatic rings. The minimum absolute atomic E-state index is 0.0826. The van der Waals surface area contributed by atoms with Gasteiger partial charge in [0.2, 0.25) is 5.91 Å². The molecule has 1 unspecified atom stereocenters. The number of amides is 1. The van der Waals surface area contributed by atoms with Gasteiger partial charge < -0.3 is 4.90 Å². The van der Waals surface area contributed by atoms with Crippen molar-refractivity contribution in [3.63, 3.8) is 0 Å². The van der Waals surface area contributed by atoms with Gasteiger partial charge in [-0.05, 0) is 18.2 Å². The van der Waals surface area contributed by atoms with E-state index in [0.29, 0.717) is 18.0 Å². The third kappa shape index (κ3) is 2.32. The first-order valence-corrected chi connectivity index (χ1v) is 6.20. The molecule has 0 spiro atoms. The van der Waals surface area contributed by atoms with E-state index in [1.165, 1.54) is 0 Å². The molecule has 5 heteroatoms. The van der Waals surface area contributed by atoms with E-state index in [4.69, 9.17) is 11.6 Å². The number of hydrogen-bond acceptors (Lipinski definition) is 2. The zero-order valence-electron chi connectivity index (χ0n) is 7.78. The summed E-state index contributed by atoms with van der Waals surface area (Å²) in [6, 6.07) is 5.51. The Kier molecular flexibility index (Phi) is 3.28. The quantitative estimate of drug-likeness (QED) is 0.790. The molecule has 0 radical (unpaired) electrons. The van der Waals surface area contributed by atoms with E-state index >= 15 is 0 Å². The maximum absolute atomic E-state index is 11.6. The number of benzene rings is 1. The lowest BCUT2D eigenvalue weighted by Crippen LogP contribution is -2.24. The van der Waals surface area contributed by atoms with E-state index in [1.807, 2.05) is 12.1 Å². The molecular weight excluding hydrogens is 298 g/mol. The normalized spacial score (nSPS) is 21.1. The Labute approximate surface area is 107 Å². The zero-order valence-corrected chi connectivity index (χ0v) is 11.0. The van der Waals surface area contributed by atoms with Crippen molar-refractivity contribution in [3.05, 3.63) is 27.7 Å². The van der Waals surface area contributed by atoms with Crippen LogP contribution in [0.2, 0.25) is 5.02 Å². The van der Waals surface area contributed by atoms with Gasteiger partial charge in [-0.2, -0.15) is 12.6 Å². The van der Waals surface area contributed by atoms with Gasteiger partial charge in [-0.3, -0.25) is 4.79 Å². The molecule has 1 amide bonds. The number of nitrogens with zero attached hydrogens (tertiary/aromatic N) is 1. The van der Waals surface area contributed by atoms with Crippen LogP contribution in [0.4, 0.5) is 5.69 Å². The summed E-state index contributed by atoms with van der Waals surface area (Å²) in [4.78, 5) is 13.3. The molecule has 0 N–H and O–H groups in total. The second-order valence-corrected chi connectivity index (χ2v) is 5.51. The van der Waals surface area contributed by atoms with E-state index in [0.717, 1.165) is 10.2 Å². The van der Waals surface area contributed by atoms with Crippen molar-refractivity contribution >= 4 is 51.8 Å². The first kappa shape index (κ1) is 11.3. The SMILES string of the molecule is O=C1CC(S)CN1c1ccc(Br)cc1Cl. The molecule has 15 heavy (non-hydrogen) atoms. The molecular formula is C10H9BrClNOS. The molecule has 2 rings (SSSR count). The number of thiol groups is 1. The molecule has 1 aromatic carbocycles. The highest BCUT2D eigenvalue weighted by Crippen LogP contribution is 2.32. The van der Waals surface area contributed by atoms with Gasteiger partial charge in [0.15, 0.2) is 0 Å². The van der Waals surface area contributed by atoms with Gasteiger partial charge in [-0.25, -0.2) is 0 Å². The van der Waals surface area contributed by atoms with Gasteiger partial charge in [0.05, 0.1) is 10.7 Å². The van der Waals surface area contributed by atoms with Crippen LogP contribution < -0.4 is 4.90 Å². The average Bonchev–Trinajstić information content (AvgIpc) is 2.45. The fraction of sp³-hybridized carbons (Fsp3) is 0.300. The maximum Gasteiger partial charge on any atom is 0.228 e. The summed E-state index contributed by atoms with van der Waals surface area (Å²) < 4.78 is 0.908. The Morgan fingerprint density at radius 3 is 2.80 bits per heavy atom. The van der Waals surface area contributed by atoms with Gasteiger partial charge in [0.1, 0.15) is 0 Å². The maximum atomic E-state index is 11.6. The lowest BCUT2D eigenvalue weighted by atomic mass is 10.3. The number of hydrogen-bond donors (Lipinski definition) is 1. The lowest BCUT2D eigenvalue weighted by Gasteiger charge is -2.17. The Bertz CT molecular complexity index is 412. The lowest BCUT2D eigenvalue weighted by molar-refractivity contribution is -0.117. The Morgan fingerprint density at radius 1 is 1.53 bits per heavy atom. The molecule has 1 aromatic rings. The third-order valence-electron chi connectivity index (χ3n) is 2.31. The molecule has 1 saturated heterocycles. The largest absolute Gasteiger partial charge is 0.310 e. The minimum Gasteiger partial charge on any atom is -0.310 e. The second-order valence-electron chi connectivity index (χ2n) is 3.46. The predicted octanol–water partition coefficient (Wildman–Crippen LogP) is 3.14. The van der Waals surface area contributed by atoms with Gasteiger partial charge >= 0.3 is 0 Å². The van der Waals surface area contributed by atoms with Crippen LogP contribution in [0, 0.1) is 0 Å². The number of halogens is 2. The average molecular weight is 307 g/mol. The highest BCUT2D eigenvalue weighted by molar-refractivity contribution is 9.10. The van der Waals surface area contributed by atoms with Crippen LogP contribution in [0.5, 0.6) is 0 Å². The zero-order chi connectivity index (χ0) is 11.0. The van der Waals surface area contributed by atoms with Crippen LogP contribution in [0.25, 0.3) is 0 Å². The van der Waals surface area contributed by atoms with Crippen molar-refractivity contribution < 1.29 is 4.79 Å². The van der Waals surface area contributed by atoms with E-state index in [9.17, 15) is 4.79 Å². The van der Waals surface area contributed by atoms with Crippen LogP contribution in [0.3, 0.4) is 0 Å². The summed E-state index contributed by atoms with van der Waals surface area (Å²) in [5, 5.41) is 0.692. The van der Waals surface area contributed by atoms with Crippen LogP contribution in [-0.2, 0) is 4.79 Å². The van der Waals surface area contributed by atoms with Gasteiger partial charge in [0, 0.05) is 22.7 Å². The molecule has 1 heterocycles. The van der Waals surface area contributed by atoms with Crippen LogP contribution in [0.1, 0.15) is 6.42 Å². The van der Waals surface area contributed by atoms with E-state index in [2.05, 4.69) is 28.6 Å². The highest BCUT2D eigenvalue weighted by atomic mass is 79.9. The predicted molar refractivity (Wildman–Crippen MR) is 68.9 cm³/mol. The number of carbonyl (C=O) groups excluding carboxylic acids is 1. The number of carbonyl (C=O) groups is 1.